The molecule has 5 nitrogen and oxygen atoms in total. The van der Waals surface area contributed by atoms with Gasteiger partial charge in [-0.1, -0.05) is 25.8 Å². The van der Waals surface area contributed by atoms with E-state index in [9.17, 15) is 13.2 Å². The van der Waals surface area contributed by atoms with Gasteiger partial charge in [-0.05, 0) is 37.0 Å². The van der Waals surface area contributed by atoms with Gasteiger partial charge < -0.3 is 5.11 Å². The molecule has 0 atom stereocenters. The molecule has 2 rings (SSSR count). The molecule has 1 heterocycles. The maximum Gasteiger partial charge on any atom is 0.335 e. The number of carboxylic acids is 1. The summed E-state index contributed by atoms with van der Waals surface area (Å²) in [6.07, 6.45) is 4.37. The number of carbonyl (C=O) groups is 1. The highest BCUT2D eigenvalue weighted by molar-refractivity contribution is 7.89. The molecule has 0 spiro atoms. The van der Waals surface area contributed by atoms with Crippen LogP contribution in [0.15, 0.2) is 23.1 Å². The van der Waals surface area contributed by atoms with Gasteiger partial charge in [0, 0.05) is 13.1 Å². The van der Waals surface area contributed by atoms with E-state index in [0.717, 1.165) is 25.7 Å². The summed E-state index contributed by atoms with van der Waals surface area (Å²) < 4.78 is 27.2. The first-order chi connectivity index (χ1) is 9.96. The normalized spacial score (nSPS) is 17.4. The fraction of sp³-hybridized carbons (Fsp3) is 0.533. The zero-order chi connectivity index (χ0) is 15.5. The van der Waals surface area contributed by atoms with Gasteiger partial charge in [-0.15, -0.1) is 0 Å². The molecule has 1 N–H and O–H groups in total. The molecular weight excluding hydrogens is 290 g/mol. The highest BCUT2D eigenvalue weighted by Gasteiger charge is 2.27. The minimum atomic E-state index is -3.61. The van der Waals surface area contributed by atoms with Gasteiger partial charge in [-0.3, -0.25) is 0 Å². The minimum Gasteiger partial charge on any atom is -0.478 e. The molecule has 0 unspecified atom stereocenters. The first-order valence-corrected chi connectivity index (χ1v) is 8.77. The van der Waals surface area contributed by atoms with Crippen LogP contribution in [0.4, 0.5) is 0 Å². The van der Waals surface area contributed by atoms with Crippen molar-refractivity contribution in [2.75, 3.05) is 13.1 Å². The number of rotatable bonds is 4. The Kier molecular flexibility index (Phi) is 5.00. The van der Waals surface area contributed by atoms with Crippen LogP contribution in [0, 0.1) is 0 Å². The summed E-state index contributed by atoms with van der Waals surface area (Å²) in [5, 5.41) is 9.09. The van der Waals surface area contributed by atoms with Gasteiger partial charge >= 0.3 is 5.97 Å². The Morgan fingerprint density at radius 3 is 2.33 bits per heavy atom. The van der Waals surface area contributed by atoms with E-state index in [2.05, 4.69) is 0 Å². The number of aryl methyl sites for hydroxylation is 1. The Hall–Kier alpha value is -1.40. The van der Waals surface area contributed by atoms with E-state index >= 15 is 0 Å². The number of sulfonamides is 1. The van der Waals surface area contributed by atoms with E-state index < -0.39 is 16.0 Å². The van der Waals surface area contributed by atoms with E-state index in [1.54, 1.807) is 6.07 Å². The molecule has 0 amide bonds. The van der Waals surface area contributed by atoms with Crippen LogP contribution in [-0.4, -0.2) is 36.9 Å². The van der Waals surface area contributed by atoms with Crippen molar-refractivity contribution in [2.24, 2.45) is 0 Å². The predicted octanol–water partition coefficient (Wildman–Crippen LogP) is 2.51. The number of hydrogen-bond acceptors (Lipinski definition) is 3. The molecular formula is C15H21NO4S. The van der Waals surface area contributed by atoms with Crippen molar-refractivity contribution in [2.45, 2.75) is 43.9 Å². The Labute approximate surface area is 125 Å². The number of hydrogen-bond donors (Lipinski definition) is 1. The van der Waals surface area contributed by atoms with E-state index in [-0.39, 0.29) is 10.5 Å². The minimum absolute atomic E-state index is 0.0144. The van der Waals surface area contributed by atoms with Crippen molar-refractivity contribution in [1.82, 2.24) is 4.31 Å². The zero-order valence-electron chi connectivity index (χ0n) is 12.2. The molecule has 0 aliphatic carbocycles. The Bertz CT molecular complexity index is 617. The van der Waals surface area contributed by atoms with Crippen molar-refractivity contribution >= 4 is 16.0 Å². The number of benzene rings is 1. The fourth-order valence-corrected chi connectivity index (χ4v) is 4.48. The van der Waals surface area contributed by atoms with Crippen molar-refractivity contribution in [3.8, 4) is 0 Å². The summed E-state index contributed by atoms with van der Waals surface area (Å²) in [7, 11) is -3.61. The summed E-state index contributed by atoms with van der Waals surface area (Å²) in [5.74, 6) is -1.11. The van der Waals surface area contributed by atoms with Gasteiger partial charge in [-0.2, -0.15) is 4.31 Å². The van der Waals surface area contributed by atoms with Crippen LogP contribution in [0.2, 0.25) is 0 Å². The second kappa shape index (κ2) is 6.58. The molecule has 6 heteroatoms. The first-order valence-electron chi connectivity index (χ1n) is 7.33. The Morgan fingerprint density at radius 2 is 1.81 bits per heavy atom. The fourth-order valence-electron chi connectivity index (χ4n) is 2.64. The van der Waals surface area contributed by atoms with Gasteiger partial charge in [0.15, 0.2) is 0 Å². The third kappa shape index (κ3) is 3.44. The third-order valence-corrected chi connectivity index (χ3v) is 5.86. The average molecular weight is 311 g/mol. The van der Waals surface area contributed by atoms with Crippen LogP contribution >= 0.6 is 0 Å². The molecule has 116 valence electrons. The molecule has 0 radical (unpaired) electrons. The van der Waals surface area contributed by atoms with Crippen LogP contribution in [-0.2, 0) is 16.4 Å². The summed E-state index contributed by atoms with van der Waals surface area (Å²) in [6, 6.07) is 4.36. The number of nitrogens with zero attached hydrogens (tertiary/aromatic N) is 1. The Balaban J connectivity index is 2.46. The highest BCUT2D eigenvalue weighted by Crippen LogP contribution is 2.25. The molecule has 0 bridgehead atoms. The van der Waals surface area contributed by atoms with E-state index in [0.29, 0.717) is 25.1 Å². The SMILES string of the molecule is CCc1ccc(C(=O)O)cc1S(=O)(=O)N1CCCCCC1. The van der Waals surface area contributed by atoms with Crippen LogP contribution in [0.3, 0.4) is 0 Å². The maximum atomic E-state index is 12.8. The molecule has 1 fully saturated rings. The molecule has 0 aromatic heterocycles. The summed E-state index contributed by atoms with van der Waals surface area (Å²) in [6.45, 7) is 2.91. The lowest BCUT2D eigenvalue weighted by molar-refractivity contribution is 0.0696. The van der Waals surface area contributed by atoms with Gasteiger partial charge in [0.2, 0.25) is 10.0 Å². The second-order valence-corrected chi connectivity index (χ2v) is 7.21. The molecule has 1 aliphatic heterocycles. The summed E-state index contributed by atoms with van der Waals surface area (Å²) in [4.78, 5) is 11.2. The maximum absolute atomic E-state index is 12.8. The highest BCUT2D eigenvalue weighted by atomic mass is 32.2. The van der Waals surface area contributed by atoms with E-state index in [1.807, 2.05) is 6.92 Å². The Morgan fingerprint density at radius 1 is 1.19 bits per heavy atom. The van der Waals surface area contributed by atoms with Crippen molar-refractivity contribution in [3.05, 3.63) is 29.3 Å². The average Bonchev–Trinajstić information content (AvgIpc) is 2.76. The van der Waals surface area contributed by atoms with Crippen molar-refractivity contribution < 1.29 is 18.3 Å². The van der Waals surface area contributed by atoms with E-state index in [4.69, 9.17) is 5.11 Å². The van der Waals surface area contributed by atoms with Gasteiger partial charge in [-0.25, -0.2) is 13.2 Å². The lowest BCUT2D eigenvalue weighted by Crippen LogP contribution is -2.32. The topological polar surface area (TPSA) is 74.7 Å². The number of carboxylic acid groups (broad SMARTS) is 1. The van der Waals surface area contributed by atoms with Gasteiger partial charge in [0.05, 0.1) is 10.5 Å². The largest absolute Gasteiger partial charge is 0.478 e. The van der Waals surface area contributed by atoms with Crippen molar-refractivity contribution in [3.63, 3.8) is 0 Å². The van der Waals surface area contributed by atoms with Crippen LogP contribution in [0.1, 0.15) is 48.5 Å². The predicted molar refractivity (Wildman–Crippen MR) is 80.0 cm³/mol. The number of aromatic carboxylic acids is 1. The van der Waals surface area contributed by atoms with Crippen molar-refractivity contribution in [1.29, 1.82) is 0 Å². The monoisotopic (exact) mass is 311 g/mol. The summed E-state index contributed by atoms with van der Waals surface area (Å²) in [5.41, 5.74) is 0.685. The zero-order valence-corrected chi connectivity index (χ0v) is 13.0. The summed E-state index contributed by atoms with van der Waals surface area (Å²) >= 11 is 0. The van der Waals surface area contributed by atoms with Crippen LogP contribution < -0.4 is 0 Å². The molecule has 0 saturated carbocycles. The molecule has 1 aliphatic rings. The molecule has 21 heavy (non-hydrogen) atoms. The van der Waals surface area contributed by atoms with Gasteiger partial charge in [0.1, 0.15) is 0 Å². The molecule has 1 aromatic rings. The van der Waals surface area contributed by atoms with Crippen LogP contribution in [0.25, 0.3) is 0 Å². The quantitative estimate of drug-likeness (QED) is 0.927. The van der Waals surface area contributed by atoms with Gasteiger partial charge in [0.25, 0.3) is 0 Å². The second-order valence-electron chi connectivity index (χ2n) is 5.30. The lowest BCUT2D eigenvalue weighted by atomic mass is 10.1. The molecule has 1 saturated heterocycles. The van der Waals surface area contributed by atoms with Crippen LogP contribution in [0.5, 0.6) is 0 Å². The standard InChI is InChI=1S/C15H21NO4S/c1-2-12-7-8-13(15(17)18)11-14(12)21(19,20)16-9-5-3-4-6-10-16/h7-8,11H,2-6,9-10H2,1H3,(H,17,18). The smallest absolute Gasteiger partial charge is 0.335 e. The van der Waals surface area contributed by atoms with E-state index in [1.165, 1.54) is 16.4 Å². The lowest BCUT2D eigenvalue weighted by Gasteiger charge is -2.21. The third-order valence-electron chi connectivity index (χ3n) is 3.88. The first kappa shape index (κ1) is 16.0. The molecule has 1 aromatic carbocycles.